The highest BCUT2D eigenvalue weighted by Gasteiger charge is 2.40. The minimum absolute atomic E-state index is 0.337. The van der Waals surface area contributed by atoms with Crippen molar-refractivity contribution in [2.45, 2.75) is 25.6 Å². The van der Waals surface area contributed by atoms with Crippen molar-refractivity contribution < 1.29 is 18.4 Å². The van der Waals surface area contributed by atoms with Crippen molar-refractivity contribution >= 4 is 39.3 Å². The molecule has 28 heavy (non-hydrogen) atoms. The highest BCUT2D eigenvalue weighted by Crippen LogP contribution is 2.37. The number of hydrogen-bond acceptors (Lipinski definition) is 7. The van der Waals surface area contributed by atoms with Crippen LogP contribution in [-0.2, 0) is 9.47 Å². The van der Waals surface area contributed by atoms with Crippen molar-refractivity contribution in [1.29, 1.82) is 0 Å². The lowest BCUT2D eigenvalue weighted by Crippen LogP contribution is -2.45. The summed E-state index contributed by atoms with van der Waals surface area (Å²) in [6.45, 7) is 4.40. The third kappa shape index (κ3) is 3.15. The molecule has 0 N–H and O–H groups in total. The van der Waals surface area contributed by atoms with Crippen LogP contribution in [0.5, 0.6) is 0 Å². The number of benzene rings is 1. The number of rotatable bonds is 2. The molecule has 0 amide bonds. The van der Waals surface area contributed by atoms with Gasteiger partial charge in [-0.25, -0.2) is 9.37 Å². The van der Waals surface area contributed by atoms with Gasteiger partial charge in [0.2, 0.25) is 0 Å². The number of hydrogen-bond donors (Lipinski definition) is 0. The molecule has 2 aromatic heterocycles. The Labute approximate surface area is 174 Å². The Morgan fingerprint density at radius 1 is 1.11 bits per heavy atom. The highest BCUT2D eigenvalue weighted by atomic mass is 127. The molecule has 5 rings (SSSR count). The van der Waals surface area contributed by atoms with E-state index in [0.717, 1.165) is 16.4 Å². The summed E-state index contributed by atoms with van der Waals surface area (Å²) in [4.78, 5) is 11.2. The topological polar surface area (TPSA) is 73.5 Å². The molecule has 0 radical (unpaired) electrons. The third-order valence-electron chi connectivity index (χ3n) is 5.21. The Hall–Kier alpha value is -1.85. The molecular weight excluding hydrogens is 478 g/mol. The molecule has 146 valence electrons. The van der Waals surface area contributed by atoms with Crippen LogP contribution < -0.4 is 4.90 Å². The summed E-state index contributed by atoms with van der Waals surface area (Å²) in [6, 6.07) is 5.26. The van der Waals surface area contributed by atoms with Gasteiger partial charge in [-0.15, -0.1) is 0 Å². The molecular formula is C19H18FIN4O3. The minimum atomic E-state index is -0.490. The monoisotopic (exact) mass is 496 g/mol. The van der Waals surface area contributed by atoms with Crippen LogP contribution in [0.4, 0.5) is 10.2 Å². The summed E-state index contributed by atoms with van der Waals surface area (Å²) in [5.41, 5.74) is 1.04. The molecule has 9 heteroatoms. The smallest absolute Gasteiger partial charge is 0.261 e. The van der Waals surface area contributed by atoms with Crippen molar-refractivity contribution in [3.8, 4) is 11.5 Å². The van der Waals surface area contributed by atoms with E-state index in [1.807, 2.05) is 12.1 Å². The van der Waals surface area contributed by atoms with Crippen LogP contribution in [-0.4, -0.2) is 47.2 Å². The van der Waals surface area contributed by atoms with Crippen LogP contribution in [0.2, 0.25) is 0 Å². The second-order valence-electron chi connectivity index (χ2n) is 7.06. The first-order chi connectivity index (χ1) is 13.5. The number of piperidine rings is 1. The fourth-order valence-electron chi connectivity index (χ4n) is 3.85. The molecule has 2 aliphatic rings. The van der Waals surface area contributed by atoms with E-state index in [0.29, 0.717) is 60.3 Å². The zero-order chi connectivity index (χ0) is 19.3. The maximum absolute atomic E-state index is 14.6. The normalized spacial score (nSPS) is 19.0. The van der Waals surface area contributed by atoms with Gasteiger partial charge in [0.25, 0.3) is 5.89 Å². The van der Waals surface area contributed by atoms with Crippen LogP contribution >= 0.6 is 22.6 Å². The van der Waals surface area contributed by atoms with Crippen LogP contribution in [0.15, 0.2) is 22.7 Å². The first-order valence-electron chi connectivity index (χ1n) is 9.16. The predicted octanol–water partition coefficient (Wildman–Crippen LogP) is 3.68. The van der Waals surface area contributed by atoms with Gasteiger partial charge in [-0.1, -0.05) is 5.16 Å². The molecule has 2 saturated heterocycles. The number of anilines is 1. The summed E-state index contributed by atoms with van der Waals surface area (Å²) >= 11 is 2.10. The minimum Gasteiger partial charge on any atom is -0.356 e. The van der Waals surface area contributed by atoms with Crippen LogP contribution in [0, 0.1) is 16.3 Å². The van der Waals surface area contributed by atoms with E-state index in [2.05, 4.69) is 42.6 Å². The van der Waals surface area contributed by atoms with E-state index in [9.17, 15) is 4.39 Å². The Morgan fingerprint density at radius 3 is 2.54 bits per heavy atom. The Kier molecular flexibility index (Phi) is 4.48. The molecule has 1 aromatic carbocycles. The molecule has 0 bridgehead atoms. The van der Waals surface area contributed by atoms with Crippen LogP contribution in [0.3, 0.4) is 0 Å². The SMILES string of the molecule is Cc1noc(-c2cc3cc(I)cc(F)c3nc2N2CCC3(CC2)OCCO3)n1. The first kappa shape index (κ1) is 18.2. The molecule has 2 aliphatic heterocycles. The molecule has 3 aromatic rings. The van der Waals surface area contributed by atoms with Crippen molar-refractivity contribution in [1.82, 2.24) is 15.1 Å². The molecule has 0 saturated carbocycles. The fourth-order valence-corrected chi connectivity index (χ4v) is 4.46. The second-order valence-corrected chi connectivity index (χ2v) is 8.31. The Balaban J connectivity index is 1.60. The molecule has 0 aliphatic carbocycles. The maximum atomic E-state index is 14.6. The summed E-state index contributed by atoms with van der Waals surface area (Å²) < 4.78 is 32.4. The van der Waals surface area contributed by atoms with Gasteiger partial charge in [0.1, 0.15) is 11.3 Å². The van der Waals surface area contributed by atoms with Gasteiger partial charge in [0.15, 0.2) is 17.4 Å². The quantitative estimate of drug-likeness (QED) is 0.502. The number of nitrogens with zero attached hydrogens (tertiary/aromatic N) is 4. The van der Waals surface area contributed by atoms with Gasteiger partial charge in [-0.05, 0) is 47.7 Å². The lowest BCUT2D eigenvalue weighted by molar-refractivity contribution is -0.169. The maximum Gasteiger partial charge on any atom is 0.261 e. The van der Waals surface area contributed by atoms with Gasteiger partial charge in [0, 0.05) is 34.9 Å². The second kappa shape index (κ2) is 6.89. The highest BCUT2D eigenvalue weighted by molar-refractivity contribution is 14.1. The average Bonchev–Trinajstić information content (AvgIpc) is 3.31. The van der Waals surface area contributed by atoms with Crippen LogP contribution in [0.25, 0.3) is 22.4 Å². The molecule has 0 atom stereocenters. The van der Waals surface area contributed by atoms with E-state index in [1.54, 1.807) is 6.92 Å². The van der Waals surface area contributed by atoms with E-state index in [1.165, 1.54) is 6.07 Å². The first-order valence-corrected chi connectivity index (χ1v) is 10.2. The molecule has 7 nitrogen and oxygen atoms in total. The van der Waals surface area contributed by atoms with E-state index >= 15 is 0 Å². The van der Waals surface area contributed by atoms with Gasteiger partial charge < -0.3 is 18.9 Å². The van der Waals surface area contributed by atoms with Crippen molar-refractivity contribution in [3.05, 3.63) is 33.4 Å². The van der Waals surface area contributed by atoms with Gasteiger partial charge in [0.05, 0.1) is 18.8 Å². The Morgan fingerprint density at radius 2 is 1.86 bits per heavy atom. The van der Waals surface area contributed by atoms with Crippen molar-refractivity contribution in [3.63, 3.8) is 0 Å². The van der Waals surface area contributed by atoms with Crippen LogP contribution in [0.1, 0.15) is 18.7 Å². The van der Waals surface area contributed by atoms with Gasteiger partial charge >= 0.3 is 0 Å². The summed E-state index contributed by atoms with van der Waals surface area (Å²) in [5, 5.41) is 4.61. The summed E-state index contributed by atoms with van der Waals surface area (Å²) in [7, 11) is 0. The van der Waals surface area contributed by atoms with E-state index < -0.39 is 5.79 Å². The lowest BCUT2D eigenvalue weighted by Gasteiger charge is -2.38. The predicted molar refractivity (Wildman–Crippen MR) is 109 cm³/mol. The lowest BCUT2D eigenvalue weighted by atomic mass is 10.0. The zero-order valence-electron chi connectivity index (χ0n) is 15.2. The van der Waals surface area contributed by atoms with Crippen molar-refractivity contribution in [2.75, 3.05) is 31.2 Å². The number of ether oxygens (including phenoxy) is 2. The zero-order valence-corrected chi connectivity index (χ0v) is 17.4. The van der Waals surface area contributed by atoms with E-state index in [-0.39, 0.29) is 5.82 Å². The van der Waals surface area contributed by atoms with E-state index in [4.69, 9.17) is 14.0 Å². The van der Waals surface area contributed by atoms with Crippen molar-refractivity contribution in [2.24, 2.45) is 0 Å². The molecule has 4 heterocycles. The average molecular weight is 496 g/mol. The number of halogens is 2. The number of fused-ring (bicyclic) bond motifs is 1. The molecule has 2 fully saturated rings. The fraction of sp³-hybridized carbons (Fsp3) is 0.421. The summed E-state index contributed by atoms with van der Waals surface area (Å²) in [6.07, 6.45) is 1.45. The number of aryl methyl sites for hydroxylation is 1. The largest absolute Gasteiger partial charge is 0.356 e. The number of pyridine rings is 1. The molecule has 0 unspecified atom stereocenters. The summed E-state index contributed by atoms with van der Waals surface area (Å²) in [5.74, 6) is 0.738. The Bertz CT molecular complexity index is 1040. The van der Waals surface area contributed by atoms with Gasteiger partial charge in [-0.2, -0.15) is 4.98 Å². The third-order valence-corrected chi connectivity index (χ3v) is 5.84. The standard InChI is InChI=1S/C19H18FIN4O3/c1-11-22-18(28-24-11)14-9-12-8-13(21)10-15(20)16(12)23-17(14)25-4-2-19(3-5-25)26-6-7-27-19/h8-10H,2-7H2,1H3. The van der Waals surface area contributed by atoms with Gasteiger partial charge in [-0.3, -0.25) is 0 Å². The molecule has 1 spiro atoms. The number of aromatic nitrogens is 3.